The zero-order valence-electron chi connectivity index (χ0n) is 18.6. The Balaban J connectivity index is 1.33. The number of benzene rings is 2. The molecular formula is C25H33N3OS. The van der Waals surface area contributed by atoms with Crippen molar-refractivity contribution in [3.63, 3.8) is 0 Å². The monoisotopic (exact) mass is 423 g/mol. The summed E-state index contributed by atoms with van der Waals surface area (Å²) in [6, 6.07) is 14.0. The summed E-state index contributed by atoms with van der Waals surface area (Å²) in [4.78, 5) is 10.2. The molecule has 3 heterocycles. The van der Waals surface area contributed by atoms with E-state index in [2.05, 4.69) is 65.9 Å². The van der Waals surface area contributed by atoms with Gasteiger partial charge in [-0.25, -0.2) is 0 Å². The van der Waals surface area contributed by atoms with E-state index in [1.165, 1.54) is 72.3 Å². The van der Waals surface area contributed by atoms with Crippen molar-refractivity contribution >= 4 is 28.8 Å². The van der Waals surface area contributed by atoms with Crippen LogP contribution in [0.15, 0.2) is 46.2 Å². The van der Waals surface area contributed by atoms with Gasteiger partial charge in [0.05, 0.1) is 18.5 Å². The van der Waals surface area contributed by atoms with Crippen molar-refractivity contribution in [3.8, 4) is 5.75 Å². The summed E-state index contributed by atoms with van der Waals surface area (Å²) < 4.78 is 5.45. The van der Waals surface area contributed by atoms with Gasteiger partial charge >= 0.3 is 0 Å². The lowest BCUT2D eigenvalue weighted by molar-refractivity contribution is 0.190. The number of likely N-dealkylation sites (tertiary alicyclic amines) is 1. The van der Waals surface area contributed by atoms with Crippen LogP contribution in [-0.4, -0.2) is 51.3 Å². The largest absolute Gasteiger partial charge is 0.497 e. The van der Waals surface area contributed by atoms with Gasteiger partial charge in [0.15, 0.2) is 0 Å². The second-order valence-corrected chi connectivity index (χ2v) is 10.5. The maximum absolute atomic E-state index is 5.45. The van der Waals surface area contributed by atoms with Gasteiger partial charge in [-0.3, -0.25) is 0 Å². The molecule has 0 N–H and O–H groups in total. The Kier molecular flexibility index (Phi) is 5.14. The highest BCUT2D eigenvalue weighted by Crippen LogP contribution is 2.50. The smallest absolute Gasteiger partial charge is 0.120 e. The van der Waals surface area contributed by atoms with E-state index in [1.54, 1.807) is 7.11 Å². The Bertz CT molecular complexity index is 936. The highest BCUT2D eigenvalue weighted by atomic mass is 32.2. The zero-order chi connectivity index (χ0) is 20.9. The molecule has 0 radical (unpaired) electrons. The van der Waals surface area contributed by atoms with Crippen molar-refractivity contribution in [2.45, 2.75) is 48.9 Å². The molecule has 4 nitrogen and oxygen atoms in total. The average molecular weight is 424 g/mol. The number of ether oxygens (including phenoxy) is 1. The van der Waals surface area contributed by atoms with Gasteiger partial charge in [-0.15, -0.1) is 0 Å². The molecule has 3 aliphatic heterocycles. The third-order valence-corrected chi connectivity index (χ3v) is 8.53. The van der Waals surface area contributed by atoms with Crippen LogP contribution in [-0.2, 0) is 0 Å². The molecule has 2 aromatic carbocycles. The van der Waals surface area contributed by atoms with E-state index < -0.39 is 0 Å². The van der Waals surface area contributed by atoms with E-state index >= 15 is 0 Å². The van der Waals surface area contributed by atoms with Gasteiger partial charge in [0, 0.05) is 48.2 Å². The fourth-order valence-electron chi connectivity index (χ4n) is 5.34. The lowest BCUT2D eigenvalue weighted by Gasteiger charge is -2.41. The molecule has 5 rings (SSSR count). The molecule has 160 valence electrons. The quantitative estimate of drug-likeness (QED) is 0.635. The normalized spacial score (nSPS) is 20.6. The molecule has 0 aliphatic carbocycles. The van der Waals surface area contributed by atoms with Crippen LogP contribution in [0.3, 0.4) is 0 Å². The first-order chi connectivity index (χ1) is 14.5. The molecule has 2 saturated heterocycles. The molecule has 3 aliphatic rings. The van der Waals surface area contributed by atoms with Gasteiger partial charge < -0.3 is 19.4 Å². The van der Waals surface area contributed by atoms with Gasteiger partial charge in [-0.2, -0.15) is 0 Å². The minimum atomic E-state index is 0.555. The van der Waals surface area contributed by atoms with Crippen molar-refractivity contribution < 1.29 is 4.74 Å². The SMILES string of the molecule is COc1ccc2c(c1)Sc1cc(N3CCC4(CC3)CCN(C(C)C)C4)ccc1N2C. The summed E-state index contributed by atoms with van der Waals surface area (Å²) in [5, 5.41) is 0. The van der Waals surface area contributed by atoms with E-state index in [0.29, 0.717) is 11.5 Å². The maximum atomic E-state index is 5.45. The first-order valence-corrected chi connectivity index (χ1v) is 12.0. The first kappa shape index (κ1) is 20.1. The van der Waals surface area contributed by atoms with Crippen LogP contribution >= 0.6 is 11.8 Å². The Morgan fingerprint density at radius 1 is 0.933 bits per heavy atom. The summed E-state index contributed by atoms with van der Waals surface area (Å²) in [5.74, 6) is 0.919. The Morgan fingerprint density at radius 3 is 2.27 bits per heavy atom. The molecule has 0 saturated carbocycles. The molecule has 5 heteroatoms. The summed E-state index contributed by atoms with van der Waals surface area (Å²) in [6.45, 7) is 9.60. The van der Waals surface area contributed by atoms with E-state index in [-0.39, 0.29) is 0 Å². The third-order valence-electron chi connectivity index (χ3n) is 7.44. The molecule has 0 aromatic heterocycles. The molecule has 0 amide bonds. The van der Waals surface area contributed by atoms with Crippen LogP contribution in [0.2, 0.25) is 0 Å². The predicted molar refractivity (Wildman–Crippen MR) is 127 cm³/mol. The number of hydrogen-bond donors (Lipinski definition) is 0. The maximum Gasteiger partial charge on any atom is 0.120 e. The van der Waals surface area contributed by atoms with E-state index in [1.807, 2.05) is 17.8 Å². The van der Waals surface area contributed by atoms with E-state index in [9.17, 15) is 0 Å². The van der Waals surface area contributed by atoms with Crippen molar-refractivity contribution in [2.24, 2.45) is 5.41 Å². The van der Waals surface area contributed by atoms with Crippen LogP contribution in [0.4, 0.5) is 17.1 Å². The number of rotatable bonds is 3. The van der Waals surface area contributed by atoms with Crippen LogP contribution in [0.5, 0.6) is 5.75 Å². The Hall–Kier alpha value is -1.85. The number of nitrogens with zero attached hydrogens (tertiary/aromatic N) is 3. The molecular weight excluding hydrogens is 390 g/mol. The topological polar surface area (TPSA) is 19.0 Å². The highest BCUT2D eigenvalue weighted by Gasteiger charge is 2.41. The Labute approximate surface area is 185 Å². The van der Waals surface area contributed by atoms with Crippen LogP contribution < -0.4 is 14.5 Å². The average Bonchev–Trinajstić information content (AvgIpc) is 3.17. The van der Waals surface area contributed by atoms with E-state index in [0.717, 1.165) is 5.75 Å². The molecule has 30 heavy (non-hydrogen) atoms. The molecule has 2 aromatic rings. The lowest BCUT2D eigenvalue weighted by Crippen LogP contribution is -2.42. The number of piperidine rings is 1. The fraction of sp³-hybridized carbons (Fsp3) is 0.520. The predicted octanol–water partition coefficient (Wildman–Crippen LogP) is 5.63. The van der Waals surface area contributed by atoms with E-state index in [4.69, 9.17) is 4.74 Å². The molecule has 0 unspecified atom stereocenters. The van der Waals surface area contributed by atoms with Gasteiger partial charge in [0.1, 0.15) is 5.75 Å². The van der Waals surface area contributed by atoms with Crippen LogP contribution in [0.25, 0.3) is 0 Å². The minimum Gasteiger partial charge on any atom is -0.497 e. The molecule has 2 fully saturated rings. The van der Waals surface area contributed by atoms with Gasteiger partial charge in [-0.05, 0) is 81.5 Å². The van der Waals surface area contributed by atoms with Crippen LogP contribution in [0.1, 0.15) is 33.1 Å². The van der Waals surface area contributed by atoms with Gasteiger partial charge in [-0.1, -0.05) is 11.8 Å². The summed E-state index contributed by atoms with van der Waals surface area (Å²) >= 11 is 1.86. The van der Waals surface area contributed by atoms with Crippen LogP contribution in [0, 0.1) is 5.41 Å². The third kappa shape index (κ3) is 3.46. The van der Waals surface area contributed by atoms with Crippen molar-refractivity contribution in [1.82, 2.24) is 4.90 Å². The summed E-state index contributed by atoms with van der Waals surface area (Å²) in [7, 11) is 3.90. The molecule has 0 atom stereocenters. The number of hydrogen-bond acceptors (Lipinski definition) is 5. The van der Waals surface area contributed by atoms with Crippen molar-refractivity contribution in [3.05, 3.63) is 36.4 Å². The highest BCUT2D eigenvalue weighted by molar-refractivity contribution is 7.99. The number of fused-ring (bicyclic) bond motifs is 2. The van der Waals surface area contributed by atoms with Crippen molar-refractivity contribution in [2.75, 3.05) is 50.1 Å². The van der Waals surface area contributed by atoms with Gasteiger partial charge in [0.2, 0.25) is 0 Å². The number of anilines is 3. The summed E-state index contributed by atoms with van der Waals surface area (Å²) in [5.41, 5.74) is 4.46. The number of methoxy groups -OCH3 is 1. The Morgan fingerprint density at radius 2 is 1.60 bits per heavy atom. The summed E-state index contributed by atoms with van der Waals surface area (Å²) in [6.07, 6.45) is 4.02. The first-order valence-electron chi connectivity index (χ1n) is 11.2. The standard InChI is InChI=1S/C25H33N3OS/c1-18(2)28-14-11-25(17-28)9-12-27(13-10-25)19-5-7-21-23(15-19)30-24-16-20(29-4)6-8-22(24)26(21)3/h5-8,15-16,18H,9-14,17H2,1-4H3. The van der Waals surface area contributed by atoms with Gasteiger partial charge in [0.25, 0.3) is 0 Å². The minimum absolute atomic E-state index is 0.555. The van der Waals surface area contributed by atoms with Crippen molar-refractivity contribution in [1.29, 1.82) is 0 Å². The lowest BCUT2D eigenvalue weighted by atomic mass is 9.77. The molecule has 1 spiro atoms. The second kappa shape index (κ2) is 7.69. The fourth-order valence-corrected chi connectivity index (χ4v) is 6.56. The molecule has 0 bridgehead atoms. The second-order valence-electron chi connectivity index (χ2n) is 9.45. The zero-order valence-corrected chi connectivity index (χ0v) is 19.5.